The van der Waals surface area contributed by atoms with E-state index in [0.717, 1.165) is 44.2 Å². The van der Waals surface area contributed by atoms with Gasteiger partial charge in [-0.15, -0.1) is 0 Å². The van der Waals surface area contributed by atoms with Gasteiger partial charge in [0.15, 0.2) is 0 Å². The Bertz CT molecular complexity index is 607. The Hall–Kier alpha value is -1.72. The first-order chi connectivity index (χ1) is 11.2. The molecule has 5 heteroatoms. The first kappa shape index (κ1) is 16.1. The number of likely N-dealkylation sites (tertiary alicyclic amines) is 1. The van der Waals surface area contributed by atoms with Gasteiger partial charge in [-0.3, -0.25) is 9.58 Å². The molecule has 1 aliphatic rings. The van der Waals surface area contributed by atoms with E-state index in [4.69, 9.17) is 0 Å². The van der Waals surface area contributed by atoms with E-state index in [0.29, 0.717) is 6.04 Å². The molecule has 124 valence electrons. The van der Waals surface area contributed by atoms with Gasteiger partial charge in [0.1, 0.15) is 11.6 Å². The SMILES string of the molecule is Cc1nc(C)n(CCCN[C@@H]2CCN(Cc3ccccc3)C2)n1. The molecular weight excluding hydrogens is 286 g/mol. The van der Waals surface area contributed by atoms with Gasteiger partial charge in [0.2, 0.25) is 0 Å². The molecule has 0 spiro atoms. The van der Waals surface area contributed by atoms with Crippen molar-refractivity contribution in [3.8, 4) is 0 Å². The molecule has 2 aromatic rings. The quantitative estimate of drug-likeness (QED) is 0.796. The van der Waals surface area contributed by atoms with Crippen molar-refractivity contribution in [2.75, 3.05) is 19.6 Å². The van der Waals surface area contributed by atoms with E-state index >= 15 is 0 Å². The molecular formula is C18H27N5. The molecule has 0 aliphatic carbocycles. The van der Waals surface area contributed by atoms with Gasteiger partial charge in [0.25, 0.3) is 0 Å². The fraction of sp³-hybridized carbons (Fsp3) is 0.556. The normalized spacial score (nSPS) is 18.6. The average Bonchev–Trinajstić information content (AvgIpc) is 3.11. The molecule has 1 aliphatic heterocycles. The Morgan fingerprint density at radius 3 is 2.78 bits per heavy atom. The molecule has 3 rings (SSSR count). The van der Waals surface area contributed by atoms with Gasteiger partial charge in [-0.2, -0.15) is 5.10 Å². The number of hydrogen-bond acceptors (Lipinski definition) is 4. The molecule has 1 atom stereocenters. The molecule has 1 fully saturated rings. The van der Waals surface area contributed by atoms with Crippen LogP contribution in [-0.4, -0.2) is 45.3 Å². The highest BCUT2D eigenvalue weighted by Crippen LogP contribution is 2.13. The summed E-state index contributed by atoms with van der Waals surface area (Å²) in [6.07, 6.45) is 2.34. The van der Waals surface area contributed by atoms with Crippen LogP contribution in [0.3, 0.4) is 0 Å². The Labute approximate surface area is 138 Å². The minimum Gasteiger partial charge on any atom is -0.313 e. The summed E-state index contributed by atoms with van der Waals surface area (Å²) in [5, 5.41) is 8.10. The molecule has 23 heavy (non-hydrogen) atoms. The molecule has 0 radical (unpaired) electrons. The summed E-state index contributed by atoms with van der Waals surface area (Å²) in [5.41, 5.74) is 1.41. The third kappa shape index (κ3) is 4.62. The van der Waals surface area contributed by atoms with Crippen LogP contribution in [-0.2, 0) is 13.1 Å². The van der Waals surface area contributed by atoms with Gasteiger partial charge in [-0.25, -0.2) is 4.98 Å². The molecule has 0 unspecified atom stereocenters. The Balaban J connectivity index is 1.35. The molecule has 0 amide bonds. The summed E-state index contributed by atoms with van der Waals surface area (Å²) in [4.78, 5) is 6.88. The zero-order valence-electron chi connectivity index (χ0n) is 14.2. The second-order valence-corrected chi connectivity index (χ2v) is 6.44. The molecule has 1 aromatic carbocycles. The van der Waals surface area contributed by atoms with Gasteiger partial charge in [-0.05, 0) is 38.8 Å². The highest BCUT2D eigenvalue weighted by atomic mass is 15.3. The minimum absolute atomic E-state index is 0.622. The van der Waals surface area contributed by atoms with Crippen LogP contribution in [0.4, 0.5) is 0 Å². The first-order valence-electron chi connectivity index (χ1n) is 8.58. The van der Waals surface area contributed by atoms with Crippen molar-refractivity contribution in [2.45, 2.75) is 45.8 Å². The lowest BCUT2D eigenvalue weighted by atomic mass is 10.2. The van der Waals surface area contributed by atoms with E-state index in [1.165, 1.54) is 18.5 Å². The summed E-state index contributed by atoms with van der Waals surface area (Å²) in [6.45, 7) is 9.36. The smallest absolute Gasteiger partial charge is 0.147 e. The number of aryl methyl sites for hydroxylation is 3. The van der Waals surface area contributed by atoms with E-state index in [9.17, 15) is 0 Å². The zero-order valence-corrected chi connectivity index (χ0v) is 14.2. The maximum atomic E-state index is 4.41. The van der Waals surface area contributed by atoms with E-state index in [-0.39, 0.29) is 0 Å². The Morgan fingerprint density at radius 2 is 2.04 bits per heavy atom. The predicted molar refractivity (Wildman–Crippen MR) is 92.2 cm³/mol. The Morgan fingerprint density at radius 1 is 1.22 bits per heavy atom. The number of aromatic nitrogens is 3. The summed E-state index contributed by atoms with van der Waals surface area (Å²) >= 11 is 0. The summed E-state index contributed by atoms with van der Waals surface area (Å²) in [6, 6.07) is 11.4. The second-order valence-electron chi connectivity index (χ2n) is 6.44. The lowest BCUT2D eigenvalue weighted by molar-refractivity contribution is 0.319. The predicted octanol–water partition coefficient (Wildman–Crippen LogP) is 2.15. The number of benzene rings is 1. The van der Waals surface area contributed by atoms with Gasteiger partial charge in [0, 0.05) is 32.2 Å². The maximum absolute atomic E-state index is 4.41. The van der Waals surface area contributed by atoms with Gasteiger partial charge < -0.3 is 5.32 Å². The van der Waals surface area contributed by atoms with E-state index in [2.05, 4.69) is 50.6 Å². The highest BCUT2D eigenvalue weighted by molar-refractivity contribution is 5.14. The van der Waals surface area contributed by atoms with Crippen molar-refractivity contribution in [1.82, 2.24) is 25.0 Å². The molecule has 5 nitrogen and oxygen atoms in total. The maximum Gasteiger partial charge on any atom is 0.147 e. The number of nitrogens with zero attached hydrogens (tertiary/aromatic N) is 4. The standard InChI is InChI=1S/C18H27N5/c1-15-20-16(2)23(21-15)11-6-10-19-18-9-12-22(14-18)13-17-7-4-3-5-8-17/h3-5,7-8,18-19H,6,9-14H2,1-2H3/t18-/m1/s1. The Kier molecular flexibility index (Phi) is 5.41. The zero-order chi connectivity index (χ0) is 16.1. The summed E-state index contributed by atoms with van der Waals surface area (Å²) in [5.74, 6) is 1.88. The van der Waals surface area contributed by atoms with Crippen molar-refractivity contribution in [1.29, 1.82) is 0 Å². The third-order valence-electron chi connectivity index (χ3n) is 4.46. The second kappa shape index (κ2) is 7.70. The monoisotopic (exact) mass is 313 g/mol. The number of rotatable bonds is 7. The van der Waals surface area contributed by atoms with Gasteiger partial charge >= 0.3 is 0 Å². The molecule has 1 saturated heterocycles. The molecule has 0 saturated carbocycles. The first-order valence-corrected chi connectivity index (χ1v) is 8.58. The number of hydrogen-bond donors (Lipinski definition) is 1. The lowest BCUT2D eigenvalue weighted by Crippen LogP contribution is -2.33. The van der Waals surface area contributed by atoms with Gasteiger partial charge in [0.05, 0.1) is 0 Å². The van der Waals surface area contributed by atoms with Crippen LogP contribution >= 0.6 is 0 Å². The fourth-order valence-electron chi connectivity index (χ4n) is 3.29. The van der Waals surface area contributed by atoms with Gasteiger partial charge in [-0.1, -0.05) is 30.3 Å². The van der Waals surface area contributed by atoms with Crippen LogP contribution in [0, 0.1) is 13.8 Å². The minimum atomic E-state index is 0.622. The highest BCUT2D eigenvalue weighted by Gasteiger charge is 2.21. The molecule has 2 heterocycles. The van der Waals surface area contributed by atoms with E-state index in [1.807, 2.05) is 18.5 Å². The topological polar surface area (TPSA) is 46.0 Å². The number of nitrogens with one attached hydrogen (secondary N) is 1. The van der Waals surface area contributed by atoms with Crippen LogP contribution in [0.2, 0.25) is 0 Å². The molecule has 1 N–H and O–H groups in total. The van der Waals surface area contributed by atoms with Crippen LogP contribution in [0.15, 0.2) is 30.3 Å². The van der Waals surface area contributed by atoms with Crippen LogP contribution in [0.1, 0.15) is 30.1 Å². The average molecular weight is 313 g/mol. The van der Waals surface area contributed by atoms with Crippen molar-refractivity contribution < 1.29 is 0 Å². The van der Waals surface area contributed by atoms with Crippen molar-refractivity contribution >= 4 is 0 Å². The van der Waals surface area contributed by atoms with E-state index < -0.39 is 0 Å². The van der Waals surface area contributed by atoms with Crippen LogP contribution in [0.5, 0.6) is 0 Å². The lowest BCUT2D eigenvalue weighted by Gasteiger charge is -2.16. The third-order valence-corrected chi connectivity index (χ3v) is 4.46. The molecule has 0 bridgehead atoms. The van der Waals surface area contributed by atoms with Crippen LogP contribution in [0.25, 0.3) is 0 Å². The summed E-state index contributed by atoms with van der Waals surface area (Å²) in [7, 11) is 0. The summed E-state index contributed by atoms with van der Waals surface area (Å²) < 4.78 is 2.01. The van der Waals surface area contributed by atoms with Crippen molar-refractivity contribution in [2.24, 2.45) is 0 Å². The fourth-order valence-corrected chi connectivity index (χ4v) is 3.29. The largest absolute Gasteiger partial charge is 0.313 e. The van der Waals surface area contributed by atoms with Crippen molar-refractivity contribution in [3.63, 3.8) is 0 Å². The molecule has 1 aromatic heterocycles. The van der Waals surface area contributed by atoms with Crippen molar-refractivity contribution in [3.05, 3.63) is 47.5 Å². The van der Waals surface area contributed by atoms with Crippen LogP contribution < -0.4 is 5.32 Å². The van der Waals surface area contributed by atoms with E-state index in [1.54, 1.807) is 0 Å².